The van der Waals surface area contributed by atoms with Gasteiger partial charge in [-0.1, -0.05) is 54.0 Å². The predicted octanol–water partition coefficient (Wildman–Crippen LogP) is 4.70. The predicted molar refractivity (Wildman–Crippen MR) is 103 cm³/mol. The topological polar surface area (TPSA) is 46.2 Å². The SMILES string of the molecule is CC(C)c1ccc(C(C)NCCS(=O)(=O)c2ccc(Br)cc2)cc1. The van der Waals surface area contributed by atoms with E-state index in [-0.39, 0.29) is 11.8 Å². The Hall–Kier alpha value is -1.17. The summed E-state index contributed by atoms with van der Waals surface area (Å²) in [6.45, 7) is 6.81. The van der Waals surface area contributed by atoms with E-state index >= 15 is 0 Å². The molecular formula is C19H24BrNO2S. The molecule has 0 bridgehead atoms. The van der Waals surface area contributed by atoms with Crippen LogP contribution in [0, 0.1) is 0 Å². The van der Waals surface area contributed by atoms with Crippen molar-refractivity contribution in [3.63, 3.8) is 0 Å². The van der Waals surface area contributed by atoms with Gasteiger partial charge in [-0.05, 0) is 48.2 Å². The highest BCUT2D eigenvalue weighted by atomic mass is 79.9. The zero-order chi connectivity index (χ0) is 17.7. The third kappa shape index (κ3) is 5.16. The van der Waals surface area contributed by atoms with E-state index in [4.69, 9.17) is 0 Å². The second kappa shape index (κ2) is 8.28. The van der Waals surface area contributed by atoms with Crippen LogP contribution in [-0.4, -0.2) is 20.7 Å². The van der Waals surface area contributed by atoms with Crippen LogP contribution >= 0.6 is 15.9 Å². The van der Waals surface area contributed by atoms with Gasteiger partial charge in [-0.2, -0.15) is 0 Å². The van der Waals surface area contributed by atoms with Crippen LogP contribution in [0.5, 0.6) is 0 Å². The van der Waals surface area contributed by atoms with Gasteiger partial charge in [-0.25, -0.2) is 8.42 Å². The molecule has 5 heteroatoms. The fraction of sp³-hybridized carbons (Fsp3) is 0.368. The van der Waals surface area contributed by atoms with Crippen LogP contribution in [0.1, 0.15) is 43.9 Å². The van der Waals surface area contributed by atoms with Crippen LogP contribution < -0.4 is 5.32 Å². The second-order valence-electron chi connectivity index (χ2n) is 6.27. The van der Waals surface area contributed by atoms with Gasteiger partial charge >= 0.3 is 0 Å². The zero-order valence-electron chi connectivity index (χ0n) is 14.3. The highest BCUT2D eigenvalue weighted by molar-refractivity contribution is 9.10. The van der Waals surface area contributed by atoms with Crippen LogP contribution in [0.3, 0.4) is 0 Å². The van der Waals surface area contributed by atoms with E-state index in [0.717, 1.165) is 4.47 Å². The summed E-state index contributed by atoms with van der Waals surface area (Å²) in [7, 11) is -3.26. The monoisotopic (exact) mass is 409 g/mol. The van der Waals surface area contributed by atoms with Gasteiger partial charge in [-0.15, -0.1) is 0 Å². The lowest BCUT2D eigenvalue weighted by Crippen LogP contribution is -2.25. The molecule has 0 fully saturated rings. The fourth-order valence-corrected chi connectivity index (χ4v) is 3.89. The highest BCUT2D eigenvalue weighted by Gasteiger charge is 2.15. The minimum absolute atomic E-state index is 0.0864. The van der Waals surface area contributed by atoms with E-state index in [1.807, 2.05) is 0 Å². The van der Waals surface area contributed by atoms with Crippen LogP contribution in [0.25, 0.3) is 0 Å². The van der Waals surface area contributed by atoms with Gasteiger partial charge in [0.25, 0.3) is 0 Å². The first-order valence-electron chi connectivity index (χ1n) is 8.11. The van der Waals surface area contributed by atoms with Gasteiger partial charge in [0.15, 0.2) is 9.84 Å². The molecule has 0 radical (unpaired) electrons. The Labute approximate surface area is 153 Å². The van der Waals surface area contributed by atoms with Crippen molar-refractivity contribution >= 4 is 25.8 Å². The maximum absolute atomic E-state index is 12.3. The first kappa shape index (κ1) is 19.2. The second-order valence-corrected chi connectivity index (χ2v) is 9.29. The lowest BCUT2D eigenvalue weighted by molar-refractivity contribution is 0.572. The number of halogens is 1. The summed E-state index contributed by atoms with van der Waals surface area (Å²) in [5.41, 5.74) is 2.48. The van der Waals surface area contributed by atoms with Gasteiger partial charge in [0.2, 0.25) is 0 Å². The average Bonchev–Trinajstić information content (AvgIpc) is 2.55. The molecule has 1 atom stereocenters. The number of hydrogen-bond donors (Lipinski definition) is 1. The largest absolute Gasteiger partial charge is 0.309 e. The Kier molecular flexibility index (Phi) is 6.61. The lowest BCUT2D eigenvalue weighted by Gasteiger charge is -2.15. The molecule has 1 N–H and O–H groups in total. The van der Waals surface area contributed by atoms with Crippen LogP contribution in [0.4, 0.5) is 0 Å². The summed E-state index contributed by atoms with van der Waals surface area (Å²) in [6, 6.07) is 15.4. The molecule has 0 saturated carbocycles. The zero-order valence-corrected chi connectivity index (χ0v) is 16.7. The minimum Gasteiger partial charge on any atom is -0.309 e. The molecule has 2 aromatic carbocycles. The Balaban J connectivity index is 1.92. The molecule has 0 heterocycles. The summed E-state index contributed by atoms with van der Waals surface area (Å²) in [5.74, 6) is 0.599. The maximum atomic E-state index is 12.3. The fourth-order valence-electron chi connectivity index (χ4n) is 2.46. The Morgan fingerprint density at radius 1 is 0.917 bits per heavy atom. The molecule has 1 unspecified atom stereocenters. The van der Waals surface area contributed by atoms with E-state index in [9.17, 15) is 8.42 Å². The van der Waals surface area contributed by atoms with E-state index in [1.54, 1.807) is 24.3 Å². The van der Waals surface area contributed by atoms with Crippen molar-refractivity contribution in [2.75, 3.05) is 12.3 Å². The van der Waals surface area contributed by atoms with E-state index in [1.165, 1.54) is 11.1 Å². The Morgan fingerprint density at radius 2 is 1.46 bits per heavy atom. The lowest BCUT2D eigenvalue weighted by atomic mass is 10.00. The molecule has 2 aromatic rings. The normalized spacial score (nSPS) is 13.2. The van der Waals surface area contributed by atoms with Gasteiger partial charge in [-0.3, -0.25) is 0 Å². The molecule has 130 valence electrons. The third-order valence-corrected chi connectivity index (χ3v) is 6.36. The molecule has 0 saturated heterocycles. The van der Waals surface area contributed by atoms with E-state index in [0.29, 0.717) is 17.4 Å². The quantitative estimate of drug-likeness (QED) is 0.720. The van der Waals surface area contributed by atoms with Crippen molar-refractivity contribution in [2.45, 2.75) is 37.6 Å². The first-order chi connectivity index (χ1) is 11.3. The summed E-state index contributed by atoms with van der Waals surface area (Å²) >= 11 is 3.32. The summed E-state index contributed by atoms with van der Waals surface area (Å²) in [4.78, 5) is 0.362. The van der Waals surface area contributed by atoms with Crippen molar-refractivity contribution in [1.82, 2.24) is 5.32 Å². The molecule has 0 aliphatic heterocycles. The average molecular weight is 410 g/mol. The molecule has 0 amide bonds. The van der Waals surface area contributed by atoms with Gasteiger partial charge in [0.05, 0.1) is 10.6 Å². The van der Waals surface area contributed by atoms with Crippen molar-refractivity contribution in [2.24, 2.45) is 0 Å². The van der Waals surface area contributed by atoms with E-state index < -0.39 is 9.84 Å². The number of hydrogen-bond acceptors (Lipinski definition) is 3. The summed E-state index contributed by atoms with van der Waals surface area (Å²) in [6.07, 6.45) is 0. The van der Waals surface area contributed by atoms with Crippen molar-refractivity contribution < 1.29 is 8.42 Å². The van der Waals surface area contributed by atoms with Crippen LogP contribution in [-0.2, 0) is 9.84 Å². The summed E-state index contributed by atoms with van der Waals surface area (Å²) in [5, 5.41) is 3.30. The molecule has 0 spiro atoms. The van der Waals surface area contributed by atoms with E-state index in [2.05, 4.69) is 66.3 Å². The van der Waals surface area contributed by atoms with Crippen molar-refractivity contribution in [3.8, 4) is 0 Å². The number of nitrogens with one attached hydrogen (secondary N) is 1. The van der Waals surface area contributed by atoms with Crippen LogP contribution in [0.2, 0.25) is 0 Å². The molecule has 0 aliphatic rings. The molecule has 0 aromatic heterocycles. The molecule has 3 nitrogen and oxygen atoms in total. The molecule has 24 heavy (non-hydrogen) atoms. The van der Waals surface area contributed by atoms with Gasteiger partial charge in [0, 0.05) is 17.1 Å². The summed E-state index contributed by atoms with van der Waals surface area (Å²) < 4.78 is 25.5. The Bertz CT molecular complexity index is 753. The molecule has 0 aliphatic carbocycles. The Morgan fingerprint density at radius 3 is 2.00 bits per heavy atom. The highest BCUT2D eigenvalue weighted by Crippen LogP contribution is 2.19. The van der Waals surface area contributed by atoms with Crippen LogP contribution in [0.15, 0.2) is 57.9 Å². The standard InChI is InChI=1S/C19H24BrNO2S/c1-14(2)16-4-6-17(7-5-16)15(3)21-12-13-24(22,23)19-10-8-18(20)9-11-19/h4-11,14-15,21H,12-13H2,1-3H3. The number of sulfone groups is 1. The molecular weight excluding hydrogens is 386 g/mol. The van der Waals surface area contributed by atoms with Crippen molar-refractivity contribution in [3.05, 3.63) is 64.1 Å². The number of rotatable bonds is 7. The smallest absolute Gasteiger partial charge is 0.179 e. The third-order valence-electron chi connectivity index (χ3n) is 4.10. The van der Waals surface area contributed by atoms with Gasteiger partial charge < -0.3 is 5.32 Å². The number of benzene rings is 2. The first-order valence-corrected chi connectivity index (χ1v) is 10.6. The minimum atomic E-state index is -3.26. The van der Waals surface area contributed by atoms with Gasteiger partial charge in [0.1, 0.15) is 0 Å². The maximum Gasteiger partial charge on any atom is 0.179 e. The van der Waals surface area contributed by atoms with Crippen molar-refractivity contribution in [1.29, 1.82) is 0 Å². The molecule has 2 rings (SSSR count).